The lowest BCUT2D eigenvalue weighted by molar-refractivity contribution is -0.105. The molecule has 1 fully saturated rings. The van der Waals surface area contributed by atoms with Gasteiger partial charge in [0.05, 0.1) is 11.4 Å². The van der Waals surface area contributed by atoms with Gasteiger partial charge in [0, 0.05) is 31.1 Å². The van der Waals surface area contributed by atoms with E-state index in [1.54, 1.807) is 4.90 Å². The molecule has 0 saturated carbocycles. The van der Waals surface area contributed by atoms with Crippen molar-refractivity contribution in [3.63, 3.8) is 0 Å². The number of aromatic nitrogens is 1. The second kappa shape index (κ2) is 8.70. The standard InChI is InChI=1S/C18H15ClF7N3S/c1-9-6-10(20)11(7-12(9)30-8-18(24,25)26)28-2-4-29(5-3-28)17-15(22)14(21)13(19)16(23)27-17/h6-7H,2-5,8H2,1H3. The highest BCUT2D eigenvalue weighted by Gasteiger charge is 2.29. The Morgan fingerprint density at radius 2 is 1.60 bits per heavy atom. The van der Waals surface area contributed by atoms with Crippen LogP contribution in [0.3, 0.4) is 0 Å². The van der Waals surface area contributed by atoms with Crippen LogP contribution in [0.2, 0.25) is 5.02 Å². The van der Waals surface area contributed by atoms with Gasteiger partial charge in [0.2, 0.25) is 11.8 Å². The third kappa shape index (κ3) is 4.88. The van der Waals surface area contributed by atoms with E-state index in [1.165, 1.54) is 17.9 Å². The highest BCUT2D eigenvalue weighted by atomic mass is 35.5. The van der Waals surface area contributed by atoms with Gasteiger partial charge in [-0.05, 0) is 24.6 Å². The molecule has 1 aromatic heterocycles. The van der Waals surface area contributed by atoms with Gasteiger partial charge in [-0.2, -0.15) is 26.9 Å². The van der Waals surface area contributed by atoms with E-state index in [0.29, 0.717) is 22.2 Å². The summed E-state index contributed by atoms with van der Waals surface area (Å²) in [5.41, 5.74) is 0.481. The summed E-state index contributed by atoms with van der Waals surface area (Å²) in [7, 11) is 0. The van der Waals surface area contributed by atoms with Crippen LogP contribution in [-0.4, -0.2) is 43.1 Å². The predicted octanol–water partition coefficient (Wildman–Crippen LogP) is 5.58. The summed E-state index contributed by atoms with van der Waals surface area (Å²) in [5, 5.41) is -1.04. The average Bonchev–Trinajstić information content (AvgIpc) is 2.68. The number of alkyl halides is 3. The Bertz CT molecular complexity index is 947. The van der Waals surface area contributed by atoms with Gasteiger partial charge < -0.3 is 9.80 Å². The summed E-state index contributed by atoms with van der Waals surface area (Å²) in [6.45, 7) is 1.90. The van der Waals surface area contributed by atoms with Crippen molar-refractivity contribution in [2.45, 2.75) is 18.0 Å². The molecule has 3 nitrogen and oxygen atoms in total. The zero-order chi connectivity index (χ0) is 22.2. The first-order chi connectivity index (χ1) is 14.0. The number of hydrogen-bond donors (Lipinski definition) is 0. The van der Waals surface area contributed by atoms with Crippen molar-refractivity contribution in [3.8, 4) is 0 Å². The molecule has 0 aliphatic carbocycles. The fraction of sp³-hybridized carbons (Fsp3) is 0.389. The molecule has 30 heavy (non-hydrogen) atoms. The molecule has 0 amide bonds. The highest BCUT2D eigenvalue weighted by molar-refractivity contribution is 7.99. The Hall–Kier alpha value is -1.88. The van der Waals surface area contributed by atoms with Crippen LogP contribution < -0.4 is 9.80 Å². The van der Waals surface area contributed by atoms with E-state index >= 15 is 0 Å². The molecule has 0 radical (unpaired) electrons. The van der Waals surface area contributed by atoms with E-state index in [0.717, 1.165) is 6.07 Å². The molecule has 0 unspecified atom stereocenters. The number of pyridine rings is 1. The molecule has 1 aromatic carbocycles. The Labute approximate surface area is 176 Å². The van der Waals surface area contributed by atoms with Gasteiger partial charge >= 0.3 is 6.18 Å². The van der Waals surface area contributed by atoms with Crippen molar-refractivity contribution in [1.82, 2.24) is 4.98 Å². The van der Waals surface area contributed by atoms with Crippen LogP contribution in [0.1, 0.15) is 5.56 Å². The SMILES string of the molecule is Cc1cc(F)c(N2CCN(c3nc(F)c(Cl)c(F)c3F)CC2)cc1SCC(F)(F)F. The zero-order valence-corrected chi connectivity index (χ0v) is 17.0. The van der Waals surface area contributed by atoms with E-state index in [1.807, 2.05) is 0 Å². The normalized spacial score (nSPS) is 15.1. The molecule has 1 aliphatic rings. The van der Waals surface area contributed by atoms with Gasteiger partial charge in [0.25, 0.3) is 0 Å². The molecule has 0 atom stereocenters. The van der Waals surface area contributed by atoms with Crippen LogP contribution in [0.15, 0.2) is 17.0 Å². The van der Waals surface area contributed by atoms with Crippen molar-refractivity contribution >= 4 is 34.9 Å². The first-order valence-corrected chi connectivity index (χ1v) is 10.0. The van der Waals surface area contributed by atoms with Crippen LogP contribution in [0.25, 0.3) is 0 Å². The maximum Gasteiger partial charge on any atom is 0.398 e. The Kier molecular flexibility index (Phi) is 6.61. The number of rotatable bonds is 4. The smallest absolute Gasteiger partial charge is 0.366 e. The van der Waals surface area contributed by atoms with Gasteiger partial charge in [0.1, 0.15) is 10.8 Å². The van der Waals surface area contributed by atoms with Crippen molar-refractivity contribution < 1.29 is 30.7 Å². The molecule has 0 bridgehead atoms. The lowest BCUT2D eigenvalue weighted by atomic mass is 10.2. The van der Waals surface area contributed by atoms with E-state index in [9.17, 15) is 30.7 Å². The van der Waals surface area contributed by atoms with E-state index in [2.05, 4.69) is 4.98 Å². The Morgan fingerprint density at radius 3 is 2.20 bits per heavy atom. The summed E-state index contributed by atoms with van der Waals surface area (Å²) < 4.78 is 93.4. The predicted molar refractivity (Wildman–Crippen MR) is 101 cm³/mol. The van der Waals surface area contributed by atoms with E-state index < -0.39 is 46.2 Å². The molecule has 164 valence electrons. The lowest BCUT2D eigenvalue weighted by Crippen LogP contribution is -2.47. The summed E-state index contributed by atoms with van der Waals surface area (Å²) in [4.78, 5) is 6.51. The topological polar surface area (TPSA) is 19.4 Å². The van der Waals surface area contributed by atoms with Gasteiger partial charge in [-0.15, -0.1) is 11.8 Å². The van der Waals surface area contributed by atoms with Crippen LogP contribution in [-0.2, 0) is 0 Å². The first kappa shape index (κ1) is 22.8. The molecular formula is C18H15ClF7N3S. The van der Waals surface area contributed by atoms with Gasteiger partial charge in [-0.3, -0.25) is 0 Å². The van der Waals surface area contributed by atoms with Crippen molar-refractivity contribution in [2.75, 3.05) is 41.7 Å². The number of thioether (sulfide) groups is 1. The number of nitrogens with zero attached hydrogens (tertiary/aromatic N) is 3. The molecule has 0 spiro atoms. The van der Waals surface area contributed by atoms with E-state index in [4.69, 9.17) is 11.6 Å². The largest absolute Gasteiger partial charge is 0.398 e. The molecule has 1 aliphatic heterocycles. The highest BCUT2D eigenvalue weighted by Crippen LogP contribution is 2.34. The first-order valence-electron chi connectivity index (χ1n) is 8.67. The number of anilines is 2. The lowest BCUT2D eigenvalue weighted by Gasteiger charge is -2.37. The van der Waals surface area contributed by atoms with Crippen LogP contribution in [0, 0.1) is 30.3 Å². The molecular weight excluding hydrogens is 459 g/mol. The van der Waals surface area contributed by atoms with Crippen LogP contribution >= 0.6 is 23.4 Å². The molecule has 0 N–H and O–H groups in total. The maximum atomic E-state index is 14.5. The molecule has 2 aromatic rings. The number of aryl methyl sites for hydroxylation is 1. The number of piperazine rings is 1. The van der Waals surface area contributed by atoms with Crippen LogP contribution in [0.5, 0.6) is 0 Å². The zero-order valence-electron chi connectivity index (χ0n) is 15.5. The Balaban J connectivity index is 1.77. The fourth-order valence-electron chi connectivity index (χ4n) is 3.04. The minimum Gasteiger partial charge on any atom is -0.366 e. The second-order valence-electron chi connectivity index (χ2n) is 6.62. The molecule has 12 heteroatoms. The average molecular weight is 474 g/mol. The van der Waals surface area contributed by atoms with Gasteiger partial charge in [0.15, 0.2) is 11.6 Å². The van der Waals surface area contributed by atoms with Crippen molar-refractivity contribution in [1.29, 1.82) is 0 Å². The van der Waals surface area contributed by atoms with Crippen molar-refractivity contribution in [2.24, 2.45) is 0 Å². The van der Waals surface area contributed by atoms with Crippen molar-refractivity contribution in [3.05, 3.63) is 46.1 Å². The third-order valence-electron chi connectivity index (χ3n) is 4.52. The van der Waals surface area contributed by atoms with Gasteiger partial charge in [-0.1, -0.05) is 11.6 Å². The Morgan fingerprint density at radius 1 is 1.00 bits per heavy atom. The summed E-state index contributed by atoms with van der Waals surface area (Å²) in [6, 6.07) is 2.50. The minimum atomic E-state index is -4.36. The molecule has 3 rings (SSSR count). The fourth-order valence-corrected chi connectivity index (χ4v) is 3.97. The number of halogens is 8. The third-order valence-corrected chi connectivity index (χ3v) is 6.07. The van der Waals surface area contributed by atoms with Gasteiger partial charge in [-0.25, -0.2) is 8.78 Å². The van der Waals surface area contributed by atoms with Crippen LogP contribution in [0.4, 0.5) is 42.2 Å². The summed E-state index contributed by atoms with van der Waals surface area (Å²) >= 11 is 5.86. The molecule has 1 saturated heterocycles. The number of benzene rings is 1. The maximum absolute atomic E-state index is 14.5. The monoisotopic (exact) mass is 473 g/mol. The second-order valence-corrected chi connectivity index (χ2v) is 8.01. The summed E-state index contributed by atoms with van der Waals surface area (Å²) in [6.07, 6.45) is -4.36. The molecule has 2 heterocycles. The minimum absolute atomic E-state index is 0.0583. The summed E-state index contributed by atoms with van der Waals surface area (Å²) in [5.74, 6) is -6.53. The van der Waals surface area contributed by atoms with E-state index in [-0.39, 0.29) is 31.9 Å². The number of hydrogen-bond acceptors (Lipinski definition) is 4. The quantitative estimate of drug-likeness (QED) is 0.328.